The van der Waals surface area contributed by atoms with Crippen molar-refractivity contribution in [1.29, 1.82) is 5.26 Å². The molecule has 1 aromatic rings. The zero-order valence-corrected chi connectivity index (χ0v) is 12.4. The van der Waals surface area contributed by atoms with Crippen LogP contribution in [0.5, 0.6) is 0 Å². The fraction of sp³-hybridized carbons (Fsp3) is 0.500. The van der Waals surface area contributed by atoms with Gasteiger partial charge >= 0.3 is 0 Å². The van der Waals surface area contributed by atoms with Gasteiger partial charge in [0.15, 0.2) is 0 Å². The number of rotatable bonds is 5. The molecular formula is C10H10Cl2N2O2S2. The molecule has 0 spiro atoms. The van der Waals surface area contributed by atoms with Crippen LogP contribution in [0.1, 0.15) is 19.3 Å². The molecule has 1 saturated carbocycles. The van der Waals surface area contributed by atoms with Crippen molar-refractivity contribution in [1.82, 2.24) is 4.31 Å². The van der Waals surface area contributed by atoms with E-state index in [2.05, 4.69) is 0 Å². The maximum atomic E-state index is 12.4. The van der Waals surface area contributed by atoms with E-state index < -0.39 is 10.0 Å². The molecule has 1 aliphatic rings. The van der Waals surface area contributed by atoms with E-state index in [0.29, 0.717) is 4.34 Å². The number of nitriles is 1. The summed E-state index contributed by atoms with van der Waals surface area (Å²) in [6.45, 7) is 0.202. The molecule has 2 rings (SSSR count). The first-order valence-electron chi connectivity index (χ1n) is 5.30. The number of nitrogens with zero attached hydrogens (tertiary/aromatic N) is 2. The molecule has 0 saturated heterocycles. The SMILES string of the molecule is N#CCCN(C1CC1)S(=O)(=O)c1cc(Cl)sc1Cl. The fourth-order valence-corrected chi connectivity index (χ4v) is 5.45. The summed E-state index contributed by atoms with van der Waals surface area (Å²) in [6.07, 6.45) is 1.84. The van der Waals surface area contributed by atoms with E-state index >= 15 is 0 Å². The highest BCUT2D eigenvalue weighted by Crippen LogP contribution is 2.39. The van der Waals surface area contributed by atoms with E-state index in [1.54, 1.807) is 0 Å². The van der Waals surface area contributed by atoms with Crippen LogP contribution in [0.15, 0.2) is 11.0 Å². The summed E-state index contributed by atoms with van der Waals surface area (Å²) >= 11 is 12.7. The lowest BCUT2D eigenvalue weighted by molar-refractivity contribution is 0.411. The van der Waals surface area contributed by atoms with Gasteiger partial charge in [-0.05, 0) is 18.9 Å². The third kappa shape index (κ3) is 2.81. The molecule has 1 fully saturated rings. The molecule has 0 atom stereocenters. The second-order valence-electron chi connectivity index (χ2n) is 3.94. The van der Waals surface area contributed by atoms with Crippen molar-refractivity contribution in [2.45, 2.75) is 30.2 Å². The first-order valence-corrected chi connectivity index (χ1v) is 8.31. The van der Waals surface area contributed by atoms with Crippen LogP contribution in [0.25, 0.3) is 0 Å². The minimum atomic E-state index is -3.64. The van der Waals surface area contributed by atoms with Gasteiger partial charge in [0.25, 0.3) is 0 Å². The van der Waals surface area contributed by atoms with E-state index in [0.717, 1.165) is 24.2 Å². The predicted octanol–water partition coefficient (Wildman–Crippen LogP) is 3.12. The molecule has 1 aromatic heterocycles. The lowest BCUT2D eigenvalue weighted by atomic mass is 10.4. The average Bonchev–Trinajstić information content (AvgIpc) is 3.04. The number of halogens is 2. The van der Waals surface area contributed by atoms with Crippen LogP contribution in [0.2, 0.25) is 8.67 Å². The number of thiophene rings is 1. The Balaban J connectivity index is 2.33. The molecule has 1 heterocycles. The Morgan fingerprint density at radius 2 is 2.17 bits per heavy atom. The van der Waals surface area contributed by atoms with Gasteiger partial charge in [0, 0.05) is 19.0 Å². The maximum absolute atomic E-state index is 12.4. The number of hydrogen-bond acceptors (Lipinski definition) is 4. The van der Waals surface area contributed by atoms with Gasteiger partial charge in [-0.3, -0.25) is 0 Å². The normalized spacial score (nSPS) is 15.9. The summed E-state index contributed by atoms with van der Waals surface area (Å²) < 4.78 is 26.7. The highest BCUT2D eigenvalue weighted by molar-refractivity contribution is 7.89. The summed E-state index contributed by atoms with van der Waals surface area (Å²) in [5.41, 5.74) is 0. The maximum Gasteiger partial charge on any atom is 0.245 e. The minimum Gasteiger partial charge on any atom is -0.207 e. The highest BCUT2D eigenvalue weighted by atomic mass is 35.5. The lowest BCUT2D eigenvalue weighted by Crippen LogP contribution is -2.33. The van der Waals surface area contributed by atoms with Gasteiger partial charge in [-0.15, -0.1) is 11.3 Å². The second-order valence-corrected chi connectivity index (χ2v) is 8.09. The Labute approximate surface area is 120 Å². The third-order valence-corrected chi connectivity index (χ3v) is 6.32. The van der Waals surface area contributed by atoms with Crippen molar-refractivity contribution in [3.05, 3.63) is 14.7 Å². The fourth-order valence-electron chi connectivity index (χ4n) is 1.65. The highest BCUT2D eigenvalue weighted by Gasteiger charge is 2.39. The molecule has 0 aromatic carbocycles. The first kappa shape index (κ1) is 14.1. The van der Waals surface area contributed by atoms with Crippen molar-refractivity contribution in [3.63, 3.8) is 0 Å². The number of hydrogen-bond donors (Lipinski definition) is 0. The Morgan fingerprint density at radius 3 is 2.61 bits per heavy atom. The Morgan fingerprint density at radius 1 is 1.50 bits per heavy atom. The van der Waals surface area contributed by atoms with E-state index in [9.17, 15) is 8.42 Å². The van der Waals surface area contributed by atoms with Gasteiger partial charge in [-0.1, -0.05) is 23.2 Å². The van der Waals surface area contributed by atoms with Crippen molar-refractivity contribution < 1.29 is 8.42 Å². The van der Waals surface area contributed by atoms with E-state index in [-0.39, 0.29) is 28.2 Å². The molecule has 0 amide bonds. The van der Waals surface area contributed by atoms with Gasteiger partial charge in [0.05, 0.1) is 10.4 Å². The standard InChI is InChI=1S/C10H10Cl2N2O2S2/c11-9-6-8(10(12)17-9)18(15,16)14(5-1-4-13)7-2-3-7/h6-7H,1-3,5H2. The molecule has 4 nitrogen and oxygen atoms in total. The summed E-state index contributed by atoms with van der Waals surface area (Å²) in [5, 5.41) is 8.60. The molecule has 0 N–H and O–H groups in total. The zero-order chi connectivity index (χ0) is 13.3. The van der Waals surface area contributed by atoms with Crippen LogP contribution in [0, 0.1) is 11.3 Å². The Bertz CT molecular complexity index is 588. The van der Waals surface area contributed by atoms with Crippen LogP contribution in [-0.4, -0.2) is 25.3 Å². The largest absolute Gasteiger partial charge is 0.245 e. The van der Waals surface area contributed by atoms with E-state index in [4.69, 9.17) is 28.5 Å². The summed E-state index contributed by atoms with van der Waals surface area (Å²) in [4.78, 5) is 0.0454. The predicted molar refractivity (Wildman–Crippen MR) is 71.5 cm³/mol. The molecule has 0 unspecified atom stereocenters. The summed E-state index contributed by atoms with van der Waals surface area (Å²) in [6, 6.07) is 3.33. The van der Waals surface area contributed by atoms with Crippen LogP contribution in [0.3, 0.4) is 0 Å². The van der Waals surface area contributed by atoms with Crippen LogP contribution in [-0.2, 0) is 10.0 Å². The topological polar surface area (TPSA) is 61.2 Å². The van der Waals surface area contributed by atoms with Crippen LogP contribution < -0.4 is 0 Å². The minimum absolute atomic E-state index is 0.00177. The van der Waals surface area contributed by atoms with Gasteiger partial charge in [-0.25, -0.2) is 8.42 Å². The molecular weight excluding hydrogens is 315 g/mol. The van der Waals surface area contributed by atoms with E-state index in [1.807, 2.05) is 6.07 Å². The molecule has 1 aliphatic carbocycles. The van der Waals surface area contributed by atoms with Gasteiger partial charge in [0.2, 0.25) is 10.0 Å². The van der Waals surface area contributed by atoms with Crippen LogP contribution in [0.4, 0.5) is 0 Å². The molecule has 8 heteroatoms. The van der Waals surface area contributed by atoms with Gasteiger partial charge in [-0.2, -0.15) is 9.57 Å². The summed E-state index contributed by atoms with van der Waals surface area (Å²) in [7, 11) is -3.64. The second kappa shape index (κ2) is 5.35. The van der Waals surface area contributed by atoms with Crippen LogP contribution >= 0.6 is 34.5 Å². The monoisotopic (exact) mass is 324 g/mol. The molecule has 18 heavy (non-hydrogen) atoms. The molecule has 0 radical (unpaired) electrons. The van der Waals surface area contributed by atoms with Crippen molar-refractivity contribution in [3.8, 4) is 6.07 Å². The van der Waals surface area contributed by atoms with Gasteiger partial charge < -0.3 is 0 Å². The lowest BCUT2D eigenvalue weighted by Gasteiger charge is -2.20. The quantitative estimate of drug-likeness (QED) is 0.835. The third-order valence-electron chi connectivity index (χ3n) is 2.61. The number of sulfonamides is 1. The smallest absolute Gasteiger partial charge is 0.207 e. The average molecular weight is 325 g/mol. The Kier molecular flexibility index (Phi) is 4.19. The van der Waals surface area contributed by atoms with Crippen molar-refractivity contribution in [2.24, 2.45) is 0 Å². The van der Waals surface area contributed by atoms with Gasteiger partial charge in [0.1, 0.15) is 9.23 Å². The zero-order valence-electron chi connectivity index (χ0n) is 9.27. The first-order chi connectivity index (χ1) is 8.46. The molecule has 98 valence electrons. The van der Waals surface area contributed by atoms with E-state index in [1.165, 1.54) is 10.4 Å². The molecule has 0 aliphatic heterocycles. The summed E-state index contributed by atoms with van der Waals surface area (Å²) in [5.74, 6) is 0. The van der Waals surface area contributed by atoms with Crippen molar-refractivity contribution in [2.75, 3.05) is 6.54 Å². The Hall–Kier alpha value is -0.320. The van der Waals surface area contributed by atoms with Crippen molar-refractivity contribution >= 4 is 44.6 Å². The molecule has 0 bridgehead atoms.